The molecule has 0 saturated carbocycles. The number of rotatable bonds is 12. The molecule has 0 radical (unpaired) electrons. The van der Waals surface area contributed by atoms with E-state index in [4.69, 9.17) is 0 Å². The van der Waals surface area contributed by atoms with E-state index in [9.17, 15) is 0 Å². The molecule has 0 amide bonds. The molecule has 0 aliphatic carbocycles. The zero-order chi connectivity index (χ0) is 23.1. The Balaban J connectivity index is 1.36. The topological polar surface area (TPSA) is 52.9 Å². The van der Waals surface area contributed by atoms with Crippen molar-refractivity contribution in [1.82, 2.24) is 14.6 Å². The maximum atomic E-state index is 4.46. The van der Waals surface area contributed by atoms with Crippen LogP contribution in [0.1, 0.15) is 13.3 Å². The van der Waals surface area contributed by atoms with Crippen LogP contribution < -0.4 is 9.58 Å². The molecule has 3 saturated heterocycles. The van der Waals surface area contributed by atoms with E-state index in [1.807, 2.05) is 22.8 Å². The fourth-order valence-corrected chi connectivity index (χ4v) is 4.97. The van der Waals surface area contributed by atoms with Gasteiger partial charge in [0, 0.05) is 49.9 Å². The van der Waals surface area contributed by atoms with Gasteiger partial charge < -0.3 is 9.38 Å². The second-order valence-corrected chi connectivity index (χ2v) is 9.07. The normalized spacial score (nSPS) is 22.0. The van der Waals surface area contributed by atoms with Gasteiger partial charge in [-0.2, -0.15) is 0 Å². The molecule has 0 spiro atoms. The van der Waals surface area contributed by atoms with E-state index in [0.717, 1.165) is 18.8 Å². The van der Waals surface area contributed by atoms with E-state index >= 15 is 0 Å². The number of aromatic nitrogens is 3. The van der Waals surface area contributed by atoms with E-state index in [-0.39, 0.29) is 0 Å². The number of anilines is 1. The lowest BCUT2D eigenvalue weighted by Crippen LogP contribution is -2.67. The van der Waals surface area contributed by atoms with Crippen LogP contribution in [0.2, 0.25) is 0 Å². The third-order valence-corrected chi connectivity index (χ3v) is 7.03. The number of allylic oxidation sites excluding steroid dienone is 2. The van der Waals surface area contributed by atoms with Gasteiger partial charge in [0.2, 0.25) is 0 Å². The quantitative estimate of drug-likeness (QED) is 0.216. The summed E-state index contributed by atoms with van der Waals surface area (Å²) in [5, 5.41) is 13.3. The predicted octanol–water partition coefficient (Wildman–Crippen LogP) is 3.32. The Labute approximate surface area is 197 Å². The third kappa shape index (κ3) is 5.57. The number of fused-ring (bicyclic) bond motifs is 3. The van der Waals surface area contributed by atoms with Crippen molar-refractivity contribution in [1.29, 1.82) is 0 Å². The van der Waals surface area contributed by atoms with Crippen LogP contribution in [0, 0.1) is 0 Å². The molecule has 1 aromatic carbocycles. The smallest absolute Gasteiger partial charge is 0.372 e. The summed E-state index contributed by atoms with van der Waals surface area (Å²) in [5.74, 6) is 0.681. The molecule has 1 aromatic heterocycles. The number of piperazine rings is 3. The van der Waals surface area contributed by atoms with Crippen LogP contribution in [-0.2, 0) is 13.1 Å². The van der Waals surface area contributed by atoms with Gasteiger partial charge in [-0.15, -0.1) is 4.68 Å². The van der Waals surface area contributed by atoms with Crippen LogP contribution in [0.5, 0.6) is 0 Å². The summed E-state index contributed by atoms with van der Waals surface area (Å²) < 4.78 is 5.03. The number of quaternary nitrogens is 1. The number of hydrogen-bond donors (Lipinski definition) is 0. The Morgan fingerprint density at radius 2 is 1.82 bits per heavy atom. The van der Waals surface area contributed by atoms with Gasteiger partial charge in [-0.05, 0) is 31.2 Å². The second-order valence-electron chi connectivity index (χ2n) is 9.07. The standard InChI is InChI=1S/C25H38N8/c1-4-12-31-22-26-32(13-5-2)25(31)28-27-23-8-10-24(11-9-23)30(6-3)14-7-18-33-19-15-29(16-20-33)17-21-33/h4-5,8-11,22H,1-2,6-7,12-21H2,3H3/q+2. The molecule has 0 atom stereocenters. The molecule has 3 aliphatic heterocycles. The van der Waals surface area contributed by atoms with Crippen molar-refractivity contribution >= 4 is 17.3 Å². The van der Waals surface area contributed by atoms with Crippen LogP contribution in [0.15, 0.2) is 66.1 Å². The summed E-state index contributed by atoms with van der Waals surface area (Å²) in [6.07, 6.45) is 6.61. The molecule has 4 heterocycles. The molecule has 5 rings (SSSR count). The van der Waals surface area contributed by atoms with Crippen LogP contribution in [0.3, 0.4) is 0 Å². The monoisotopic (exact) mass is 450 g/mol. The number of hydrogen-bond acceptors (Lipinski definition) is 5. The summed E-state index contributed by atoms with van der Waals surface area (Å²) in [6, 6.07) is 8.39. The molecule has 3 aliphatic rings. The van der Waals surface area contributed by atoms with Crippen molar-refractivity contribution in [3.8, 4) is 0 Å². The summed E-state index contributed by atoms with van der Waals surface area (Å²) in [7, 11) is 0. The fourth-order valence-electron chi connectivity index (χ4n) is 4.97. The van der Waals surface area contributed by atoms with Crippen molar-refractivity contribution in [3.63, 3.8) is 0 Å². The third-order valence-electron chi connectivity index (χ3n) is 7.03. The Hall–Kier alpha value is -2.84. The highest BCUT2D eigenvalue weighted by atomic mass is 15.5. The molecule has 2 bridgehead atoms. The minimum Gasteiger partial charge on any atom is -0.372 e. The first-order valence-corrected chi connectivity index (χ1v) is 12.2. The van der Waals surface area contributed by atoms with Crippen molar-refractivity contribution in [2.24, 2.45) is 10.2 Å². The highest BCUT2D eigenvalue weighted by Gasteiger charge is 2.37. The summed E-state index contributed by atoms with van der Waals surface area (Å²) in [5.41, 5.74) is 2.08. The Morgan fingerprint density at radius 1 is 1.09 bits per heavy atom. The molecular weight excluding hydrogens is 412 g/mol. The molecule has 0 N–H and O–H groups in total. The number of nitrogens with zero attached hydrogens (tertiary/aromatic N) is 8. The molecule has 33 heavy (non-hydrogen) atoms. The largest absolute Gasteiger partial charge is 0.442 e. The van der Waals surface area contributed by atoms with E-state index in [1.54, 1.807) is 17.1 Å². The van der Waals surface area contributed by atoms with Crippen molar-refractivity contribution < 1.29 is 9.16 Å². The zero-order valence-corrected chi connectivity index (χ0v) is 20.0. The van der Waals surface area contributed by atoms with E-state index in [1.165, 1.54) is 62.4 Å². The van der Waals surface area contributed by atoms with Gasteiger partial charge >= 0.3 is 5.95 Å². The highest BCUT2D eigenvalue weighted by Crippen LogP contribution is 2.23. The maximum absolute atomic E-state index is 4.46. The molecule has 176 valence electrons. The molecule has 8 nitrogen and oxygen atoms in total. The van der Waals surface area contributed by atoms with Gasteiger partial charge in [-0.25, -0.2) is 4.57 Å². The number of azo groups is 1. The predicted molar refractivity (Wildman–Crippen MR) is 132 cm³/mol. The van der Waals surface area contributed by atoms with E-state index in [2.05, 4.69) is 57.3 Å². The van der Waals surface area contributed by atoms with Crippen molar-refractivity contribution in [2.75, 3.05) is 63.8 Å². The minimum absolute atomic E-state index is 0.584. The average Bonchev–Trinajstić information content (AvgIpc) is 3.23. The lowest BCUT2D eigenvalue weighted by molar-refractivity contribution is -0.941. The van der Waals surface area contributed by atoms with E-state index < -0.39 is 0 Å². The molecule has 3 fully saturated rings. The van der Waals surface area contributed by atoms with Gasteiger partial charge in [0.1, 0.15) is 12.2 Å². The summed E-state index contributed by atoms with van der Waals surface area (Å²) >= 11 is 0. The maximum Gasteiger partial charge on any atom is 0.442 e. The molecule has 8 heteroatoms. The van der Waals surface area contributed by atoms with Gasteiger partial charge in [0.25, 0.3) is 0 Å². The van der Waals surface area contributed by atoms with Crippen molar-refractivity contribution in [3.05, 3.63) is 55.9 Å². The van der Waals surface area contributed by atoms with Crippen LogP contribution in [0.25, 0.3) is 0 Å². The van der Waals surface area contributed by atoms with Crippen LogP contribution in [-0.4, -0.2) is 78.0 Å². The minimum atomic E-state index is 0.584. The molecular formula is C25H38N8+2. The molecule has 0 unspecified atom stereocenters. The lowest BCUT2D eigenvalue weighted by atomic mass is 10.1. The average molecular weight is 451 g/mol. The van der Waals surface area contributed by atoms with Crippen molar-refractivity contribution in [2.45, 2.75) is 26.4 Å². The van der Waals surface area contributed by atoms with Gasteiger partial charge in [0.05, 0.1) is 32.7 Å². The molecule has 2 aromatic rings. The van der Waals surface area contributed by atoms with E-state index in [0.29, 0.717) is 19.0 Å². The first kappa shape index (κ1) is 23.3. The highest BCUT2D eigenvalue weighted by molar-refractivity contribution is 5.52. The lowest BCUT2D eigenvalue weighted by Gasteiger charge is -2.50. The fraction of sp³-hybridized carbons (Fsp3) is 0.520. The van der Waals surface area contributed by atoms with Gasteiger partial charge in [0.15, 0.2) is 6.33 Å². The van der Waals surface area contributed by atoms with Gasteiger partial charge in [-0.1, -0.05) is 35.5 Å². The Bertz CT molecular complexity index is 912. The summed E-state index contributed by atoms with van der Waals surface area (Å²) in [4.78, 5) is 5.08. The zero-order valence-electron chi connectivity index (χ0n) is 20.0. The second kappa shape index (κ2) is 10.9. The number of benzene rings is 1. The van der Waals surface area contributed by atoms with Crippen LogP contribution >= 0.6 is 0 Å². The summed E-state index contributed by atoms with van der Waals surface area (Å²) in [6.45, 7) is 22.3. The first-order valence-electron chi connectivity index (χ1n) is 12.2. The van der Waals surface area contributed by atoms with Gasteiger partial charge in [-0.3, -0.25) is 4.90 Å². The Kier molecular flexibility index (Phi) is 7.67. The van der Waals surface area contributed by atoms with Crippen LogP contribution in [0.4, 0.5) is 17.3 Å². The SMILES string of the molecule is C=CCn1cn[n+](CC=C)c1/N=N/c1ccc(N(CC)CCC[N+]23CCN(CC2)CC3)cc1. The Morgan fingerprint density at radius 3 is 2.45 bits per heavy atom. The first-order chi connectivity index (χ1) is 16.2.